The van der Waals surface area contributed by atoms with Gasteiger partial charge in [0.2, 0.25) is 0 Å². The molecular formula is C32H25BrN2O5. The second-order valence-electron chi connectivity index (χ2n) is 8.88. The molecule has 5 rings (SSSR count). The van der Waals surface area contributed by atoms with Crippen LogP contribution in [0.2, 0.25) is 0 Å². The van der Waals surface area contributed by atoms with Gasteiger partial charge in [-0.2, -0.15) is 10.1 Å². The molecule has 0 radical (unpaired) electrons. The Morgan fingerprint density at radius 3 is 2.27 bits per heavy atom. The summed E-state index contributed by atoms with van der Waals surface area (Å²) in [6.07, 6.45) is 1.80. The minimum absolute atomic E-state index is 0.211. The van der Waals surface area contributed by atoms with E-state index in [4.69, 9.17) is 19.7 Å². The number of carbonyl (C=O) groups is 2. The molecule has 1 amide bonds. The van der Waals surface area contributed by atoms with E-state index in [-0.39, 0.29) is 18.1 Å². The molecule has 4 aromatic carbocycles. The lowest BCUT2D eigenvalue weighted by Gasteiger charge is -2.15. The monoisotopic (exact) mass is 596 g/mol. The van der Waals surface area contributed by atoms with Crippen molar-refractivity contribution in [2.24, 2.45) is 5.10 Å². The number of carboxylic acids is 1. The van der Waals surface area contributed by atoms with Crippen molar-refractivity contribution in [2.45, 2.75) is 13.5 Å². The molecule has 7 nitrogen and oxygen atoms in total. The molecule has 0 fully saturated rings. The lowest BCUT2D eigenvalue weighted by Crippen LogP contribution is -2.21. The van der Waals surface area contributed by atoms with Gasteiger partial charge in [0.05, 0.1) is 27.9 Å². The Morgan fingerprint density at radius 1 is 0.950 bits per heavy atom. The number of rotatable bonds is 9. The zero-order chi connectivity index (χ0) is 28.1. The van der Waals surface area contributed by atoms with Gasteiger partial charge in [-0.3, -0.25) is 4.79 Å². The first-order valence-electron chi connectivity index (χ1n) is 12.6. The summed E-state index contributed by atoms with van der Waals surface area (Å²) in [6.45, 7) is 2.51. The maximum absolute atomic E-state index is 13.6. The Morgan fingerprint density at radius 2 is 1.62 bits per heavy atom. The largest absolute Gasteiger partial charge is 0.490 e. The van der Waals surface area contributed by atoms with Crippen molar-refractivity contribution in [3.63, 3.8) is 0 Å². The van der Waals surface area contributed by atoms with Crippen molar-refractivity contribution in [3.8, 4) is 11.5 Å². The van der Waals surface area contributed by atoms with E-state index in [1.54, 1.807) is 18.2 Å². The van der Waals surface area contributed by atoms with Gasteiger partial charge in [0, 0.05) is 5.56 Å². The van der Waals surface area contributed by atoms with Gasteiger partial charge in [-0.05, 0) is 76.5 Å². The molecule has 40 heavy (non-hydrogen) atoms. The van der Waals surface area contributed by atoms with E-state index in [9.17, 15) is 9.59 Å². The number of carboxylic acid groups (broad SMARTS) is 1. The predicted molar refractivity (Wildman–Crippen MR) is 158 cm³/mol. The maximum atomic E-state index is 13.6. The number of hydrogen-bond donors (Lipinski definition) is 1. The van der Waals surface area contributed by atoms with E-state index in [0.29, 0.717) is 39.6 Å². The zero-order valence-corrected chi connectivity index (χ0v) is 23.2. The van der Waals surface area contributed by atoms with Crippen molar-refractivity contribution >= 4 is 45.3 Å². The molecule has 200 valence electrons. The summed E-state index contributed by atoms with van der Waals surface area (Å²) in [4.78, 5) is 24.8. The van der Waals surface area contributed by atoms with Crippen LogP contribution in [-0.4, -0.2) is 29.3 Å². The number of hydrogen-bond acceptors (Lipinski definition) is 5. The van der Waals surface area contributed by atoms with E-state index in [1.165, 1.54) is 17.1 Å². The van der Waals surface area contributed by atoms with Crippen molar-refractivity contribution in [2.75, 3.05) is 11.6 Å². The first kappa shape index (κ1) is 26.9. The Bertz CT molecular complexity index is 1600. The number of amides is 1. The quantitative estimate of drug-likeness (QED) is 0.211. The van der Waals surface area contributed by atoms with Crippen LogP contribution < -0.4 is 14.5 Å². The summed E-state index contributed by atoms with van der Waals surface area (Å²) in [7, 11) is 0. The van der Waals surface area contributed by atoms with Crippen LogP contribution in [0.1, 0.15) is 34.0 Å². The fraction of sp³-hybridized carbons (Fsp3) is 0.0938. The number of carbonyl (C=O) groups excluding carboxylic acids is 1. The molecule has 0 atom stereocenters. The number of halogens is 1. The van der Waals surface area contributed by atoms with Crippen molar-refractivity contribution in [3.05, 3.63) is 129 Å². The summed E-state index contributed by atoms with van der Waals surface area (Å²) in [5.41, 5.74) is 4.30. The zero-order valence-electron chi connectivity index (χ0n) is 21.6. The van der Waals surface area contributed by atoms with Crippen LogP contribution in [0, 0.1) is 0 Å². The lowest BCUT2D eigenvalue weighted by molar-refractivity contribution is -0.114. The molecule has 0 saturated carbocycles. The number of aromatic carboxylic acids is 1. The molecule has 0 saturated heterocycles. The first-order valence-corrected chi connectivity index (χ1v) is 13.4. The van der Waals surface area contributed by atoms with E-state index in [0.717, 1.165) is 16.7 Å². The third-order valence-electron chi connectivity index (χ3n) is 6.15. The summed E-state index contributed by atoms with van der Waals surface area (Å²) in [5, 5.41) is 15.2. The molecule has 0 aliphatic carbocycles. The summed E-state index contributed by atoms with van der Waals surface area (Å²) in [6, 6.07) is 29.1. The van der Waals surface area contributed by atoms with Gasteiger partial charge < -0.3 is 14.6 Å². The third-order valence-corrected chi connectivity index (χ3v) is 6.74. The highest BCUT2D eigenvalue weighted by atomic mass is 79.9. The number of benzene rings is 4. The molecule has 1 N–H and O–H groups in total. The lowest BCUT2D eigenvalue weighted by atomic mass is 10.00. The highest BCUT2D eigenvalue weighted by molar-refractivity contribution is 9.10. The highest BCUT2D eigenvalue weighted by Gasteiger charge is 2.32. The van der Waals surface area contributed by atoms with Gasteiger partial charge >= 0.3 is 5.97 Å². The Balaban J connectivity index is 1.48. The minimum atomic E-state index is -0.980. The van der Waals surface area contributed by atoms with E-state index >= 15 is 0 Å². The Labute approximate surface area is 240 Å². The van der Waals surface area contributed by atoms with Crippen molar-refractivity contribution in [1.82, 2.24) is 0 Å². The van der Waals surface area contributed by atoms with Gasteiger partial charge in [-0.15, -0.1) is 0 Å². The number of nitrogens with zero attached hydrogens (tertiary/aromatic N) is 2. The van der Waals surface area contributed by atoms with Gasteiger partial charge in [-0.25, -0.2) is 4.79 Å². The number of para-hydroxylation sites is 1. The molecule has 0 spiro atoms. The van der Waals surface area contributed by atoms with E-state index in [2.05, 4.69) is 15.9 Å². The Kier molecular flexibility index (Phi) is 8.07. The normalized spacial score (nSPS) is 13.8. The van der Waals surface area contributed by atoms with E-state index < -0.39 is 5.97 Å². The van der Waals surface area contributed by atoms with Crippen LogP contribution in [0.5, 0.6) is 11.5 Å². The number of hydrazone groups is 1. The van der Waals surface area contributed by atoms with E-state index in [1.807, 2.05) is 79.7 Å². The average Bonchev–Trinajstić information content (AvgIpc) is 3.29. The second kappa shape index (κ2) is 12.0. The summed E-state index contributed by atoms with van der Waals surface area (Å²) >= 11 is 3.61. The molecule has 0 unspecified atom stereocenters. The molecule has 0 aromatic heterocycles. The van der Waals surface area contributed by atoms with Crippen LogP contribution in [0.3, 0.4) is 0 Å². The highest BCUT2D eigenvalue weighted by Crippen LogP contribution is 2.39. The number of anilines is 1. The van der Waals surface area contributed by atoms with Crippen molar-refractivity contribution in [1.29, 1.82) is 0 Å². The van der Waals surface area contributed by atoms with Gasteiger partial charge in [0.25, 0.3) is 5.91 Å². The molecule has 0 bridgehead atoms. The first-order chi connectivity index (χ1) is 19.4. The molecule has 1 aliphatic heterocycles. The van der Waals surface area contributed by atoms with Crippen LogP contribution in [0.4, 0.5) is 5.69 Å². The SMILES string of the molecule is CCOc1cc(/C=C2\C(=O)N(c3ccccc3)N=C2c2ccccc2)cc(Br)c1OCc1ccc(C(=O)O)cc1. The average molecular weight is 597 g/mol. The van der Waals surface area contributed by atoms with Gasteiger partial charge in [0.15, 0.2) is 11.5 Å². The van der Waals surface area contributed by atoms with Crippen LogP contribution in [0.15, 0.2) is 112 Å². The third kappa shape index (κ3) is 5.82. The standard InChI is InChI=1S/C32H25BrN2O5/c1-2-39-28-19-22(18-27(33)30(28)40-20-21-13-15-24(16-14-21)32(37)38)17-26-29(23-9-5-3-6-10-23)34-35(31(26)36)25-11-7-4-8-12-25/h3-19H,2,20H2,1H3,(H,37,38)/b26-17-. The van der Waals surface area contributed by atoms with Crippen LogP contribution in [0.25, 0.3) is 6.08 Å². The van der Waals surface area contributed by atoms with Gasteiger partial charge in [0.1, 0.15) is 12.3 Å². The smallest absolute Gasteiger partial charge is 0.335 e. The predicted octanol–water partition coefficient (Wildman–Crippen LogP) is 6.96. The molecule has 4 aromatic rings. The number of ether oxygens (including phenoxy) is 2. The molecule has 1 aliphatic rings. The van der Waals surface area contributed by atoms with Crippen LogP contribution in [-0.2, 0) is 11.4 Å². The molecular weight excluding hydrogens is 572 g/mol. The summed E-state index contributed by atoms with van der Waals surface area (Å²) in [5.74, 6) is -0.197. The van der Waals surface area contributed by atoms with Crippen molar-refractivity contribution < 1.29 is 24.2 Å². The van der Waals surface area contributed by atoms with Gasteiger partial charge in [-0.1, -0.05) is 60.7 Å². The topological polar surface area (TPSA) is 88.4 Å². The minimum Gasteiger partial charge on any atom is -0.490 e. The Hall–Kier alpha value is -4.69. The second-order valence-corrected chi connectivity index (χ2v) is 9.73. The summed E-state index contributed by atoms with van der Waals surface area (Å²) < 4.78 is 12.6. The maximum Gasteiger partial charge on any atom is 0.335 e. The molecule has 8 heteroatoms. The fourth-order valence-electron chi connectivity index (χ4n) is 4.24. The molecule has 1 heterocycles. The van der Waals surface area contributed by atoms with Crippen LogP contribution >= 0.6 is 15.9 Å². The fourth-order valence-corrected chi connectivity index (χ4v) is 4.81.